The Morgan fingerprint density at radius 1 is 0.627 bits per heavy atom. The summed E-state index contributed by atoms with van der Waals surface area (Å²) >= 11 is 0. The van der Waals surface area contributed by atoms with Gasteiger partial charge in [-0.25, -0.2) is 0 Å². The summed E-state index contributed by atoms with van der Waals surface area (Å²) in [6, 6.07) is 47.2. The molecule has 3 aliphatic rings. The molecule has 3 aliphatic carbocycles. The quantitative estimate of drug-likeness (QED) is 0.0816. The average Bonchev–Trinajstić information content (AvgIpc) is 4.25. The zero-order chi connectivity index (χ0) is 47.5. The Hall–Kier alpha value is -6.12. The number of hydrogen-bond acceptors (Lipinski definition) is 1. The molecule has 67 heavy (non-hydrogen) atoms. The SMILES string of the molecule is C/C=C(\C(C)=C(/CC)C1=C(C2CC2)C=CCC1)c1ccc(B(c2ccc(/C(C)=C/C=C(\C)c3ccccc3)cc2)c2ccc(NC3=CCCC=C3)c(-c3ccccc3)c2)cc1.CC.CCCC. The largest absolute Gasteiger partial charge is 0.355 e. The summed E-state index contributed by atoms with van der Waals surface area (Å²) in [4.78, 5) is 0. The van der Waals surface area contributed by atoms with Crippen LogP contribution in [-0.2, 0) is 0 Å². The molecule has 1 fully saturated rings. The lowest BCUT2D eigenvalue weighted by Gasteiger charge is -2.23. The number of benzene rings is 5. The van der Waals surface area contributed by atoms with Crippen molar-refractivity contribution < 1.29 is 0 Å². The van der Waals surface area contributed by atoms with E-state index in [9.17, 15) is 0 Å². The maximum Gasteiger partial charge on any atom is 0.241 e. The minimum atomic E-state index is 0.0371. The maximum absolute atomic E-state index is 3.78. The van der Waals surface area contributed by atoms with Crippen LogP contribution in [0, 0.1) is 5.92 Å². The first-order chi connectivity index (χ1) is 32.8. The zero-order valence-corrected chi connectivity index (χ0v) is 42.3. The molecule has 0 atom stereocenters. The Balaban J connectivity index is 0.00000117. The summed E-state index contributed by atoms with van der Waals surface area (Å²) in [6.07, 6.45) is 29.2. The first kappa shape index (κ1) is 50.3. The molecule has 0 aliphatic heterocycles. The van der Waals surface area contributed by atoms with Crippen LogP contribution >= 0.6 is 0 Å². The fourth-order valence-corrected chi connectivity index (χ4v) is 9.33. The molecule has 344 valence electrons. The van der Waals surface area contributed by atoms with Gasteiger partial charge >= 0.3 is 0 Å². The van der Waals surface area contributed by atoms with Gasteiger partial charge in [0.05, 0.1) is 0 Å². The Labute approximate surface area is 406 Å². The summed E-state index contributed by atoms with van der Waals surface area (Å²) in [5, 5.41) is 3.78. The van der Waals surface area contributed by atoms with Crippen LogP contribution in [0.25, 0.3) is 27.8 Å². The van der Waals surface area contributed by atoms with Gasteiger partial charge in [0.25, 0.3) is 0 Å². The van der Waals surface area contributed by atoms with Gasteiger partial charge in [0.2, 0.25) is 6.71 Å². The lowest BCUT2D eigenvalue weighted by molar-refractivity contribution is 0.871. The van der Waals surface area contributed by atoms with Crippen LogP contribution in [0.3, 0.4) is 0 Å². The van der Waals surface area contributed by atoms with Crippen LogP contribution in [0.2, 0.25) is 0 Å². The highest BCUT2D eigenvalue weighted by atomic mass is 14.9. The molecule has 0 saturated heterocycles. The first-order valence-corrected chi connectivity index (χ1v) is 25.5. The van der Waals surface area contributed by atoms with Gasteiger partial charge in [0, 0.05) is 16.9 Å². The average molecular weight is 882 g/mol. The smallest absolute Gasteiger partial charge is 0.241 e. The second kappa shape index (κ2) is 25.7. The Morgan fingerprint density at radius 2 is 1.19 bits per heavy atom. The molecular weight excluding hydrogens is 806 g/mol. The molecule has 0 radical (unpaired) electrons. The van der Waals surface area contributed by atoms with Gasteiger partial charge in [0.1, 0.15) is 0 Å². The summed E-state index contributed by atoms with van der Waals surface area (Å²) in [6.45, 7) is 19.7. The third-order valence-electron chi connectivity index (χ3n) is 13.4. The van der Waals surface area contributed by atoms with Crippen molar-refractivity contribution in [3.8, 4) is 11.1 Å². The highest BCUT2D eigenvalue weighted by molar-refractivity contribution is 6.95. The highest BCUT2D eigenvalue weighted by Crippen LogP contribution is 2.44. The molecule has 2 heteroatoms. The molecule has 1 saturated carbocycles. The molecule has 0 aromatic heterocycles. The van der Waals surface area contributed by atoms with E-state index in [1.807, 2.05) is 13.8 Å². The third kappa shape index (κ3) is 13.3. The van der Waals surface area contributed by atoms with Crippen LogP contribution in [0.4, 0.5) is 5.69 Å². The summed E-state index contributed by atoms with van der Waals surface area (Å²) in [5.41, 5.74) is 22.3. The van der Waals surface area contributed by atoms with Crippen molar-refractivity contribution in [1.29, 1.82) is 0 Å². The zero-order valence-electron chi connectivity index (χ0n) is 42.3. The van der Waals surface area contributed by atoms with Gasteiger partial charge < -0.3 is 5.32 Å². The van der Waals surface area contributed by atoms with Crippen molar-refractivity contribution in [1.82, 2.24) is 0 Å². The van der Waals surface area contributed by atoms with E-state index >= 15 is 0 Å². The molecule has 1 nitrogen and oxygen atoms in total. The Bertz CT molecular complexity index is 2620. The van der Waals surface area contributed by atoms with Crippen LogP contribution in [0.15, 0.2) is 204 Å². The van der Waals surface area contributed by atoms with Crippen LogP contribution in [-0.4, -0.2) is 6.71 Å². The molecule has 8 rings (SSSR count). The normalized spacial score (nSPS) is 15.4. The lowest BCUT2D eigenvalue weighted by atomic mass is 9.36. The second-order valence-electron chi connectivity index (χ2n) is 18.0. The lowest BCUT2D eigenvalue weighted by Crippen LogP contribution is -2.52. The Morgan fingerprint density at radius 3 is 1.75 bits per heavy atom. The van der Waals surface area contributed by atoms with Gasteiger partial charge in [-0.05, 0) is 152 Å². The standard InChI is InChI=1S/C59H60BN.C4H10.C2H6/c1-6-54(44(5)55(7-2)57-26-18-17-25-56(57)49-29-30-49)48-33-37-51(38-34-48)60(50-35-31-46(32-36-50)43(4)28-27-42(3)45-19-11-8-12-20-45)52-39-40-59(61-53-23-15-10-16-24-53)58(41-52)47-21-13-9-14-22-47;1-3-4-2;1-2/h6,8-9,11-15,17,19-25,27-28,31-41,49,61H,7,10,16,18,26,29-30H2,1-5H3;3-4H2,1-2H3;1-2H3/b42-27+,43-28+,54-6+,55-44+;;. The van der Waals surface area contributed by atoms with Crippen LogP contribution < -0.4 is 21.7 Å². The molecule has 5 aromatic rings. The molecule has 0 amide bonds. The molecular formula is C65H76BN. The number of rotatable bonds is 15. The molecule has 0 bridgehead atoms. The number of nitrogens with one attached hydrogen (secondary N) is 1. The molecule has 0 heterocycles. The molecule has 0 spiro atoms. The summed E-state index contributed by atoms with van der Waals surface area (Å²) in [7, 11) is 0. The topological polar surface area (TPSA) is 12.0 Å². The monoisotopic (exact) mass is 882 g/mol. The van der Waals surface area contributed by atoms with Crippen LogP contribution in [0.1, 0.15) is 137 Å². The van der Waals surface area contributed by atoms with Gasteiger partial charge in [-0.1, -0.05) is 228 Å². The van der Waals surface area contributed by atoms with Gasteiger partial charge in [0.15, 0.2) is 0 Å². The summed E-state index contributed by atoms with van der Waals surface area (Å²) in [5.74, 6) is 0.759. The minimum absolute atomic E-state index is 0.0371. The number of allylic oxidation sites excluding steroid dienone is 15. The number of hydrogen-bond donors (Lipinski definition) is 1. The predicted octanol–water partition coefficient (Wildman–Crippen LogP) is 17.0. The van der Waals surface area contributed by atoms with E-state index in [0.29, 0.717) is 0 Å². The third-order valence-corrected chi connectivity index (χ3v) is 13.4. The fraction of sp³-hybridized carbons (Fsp3) is 0.292. The van der Waals surface area contributed by atoms with Gasteiger partial charge in [-0.2, -0.15) is 0 Å². The molecule has 5 aromatic carbocycles. The van der Waals surface area contributed by atoms with E-state index in [0.717, 1.165) is 49.4 Å². The van der Waals surface area contributed by atoms with Gasteiger partial charge in [-0.3, -0.25) is 0 Å². The van der Waals surface area contributed by atoms with E-state index in [1.165, 1.54) is 97.8 Å². The predicted molar refractivity (Wildman–Crippen MR) is 300 cm³/mol. The van der Waals surface area contributed by atoms with Crippen molar-refractivity contribution in [2.24, 2.45) is 5.92 Å². The van der Waals surface area contributed by atoms with Crippen molar-refractivity contribution in [3.63, 3.8) is 0 Å². The van der Waals surface area contributed by atoms with Crippen LogP contribution in [0.5, 0.6) is 0 Å². The van der Waals surface area contributed by atoms with E-state index in [4.69, 9.17) is 0 Å². The Kier molecular flexibility index (Phi) is 19.3. The first-order valence-electron chi connectivity index (χ1n) is 25.5. The number of unbranched alkanes of at least 4 members (excludes halogenated alkanes) is 1. The van der Waals surface area contributed by atoms with Crippen molar-refractivity contribution in [2.75, 3.05) is 5.32 Å². The van der Waals surface area contributed by atoms with Crippen molar-refractivity contribution >= 4 is 45.5 Å². The van der Waals surface area contributed by atoms with Gasteiger partial charge in [-0.15, -0.1) is 0 Å². The summed E-state index contributed by atoms with van der Waals surface area (Å²) < 4.78 is 0. The van der Waals surface area contributed by atoms with Crippen molar-refractivity contribution in [2.45, 2.75) is 120 Å². The molecule has 1 N–H and O–H groups in total. The van der Waals surface area contributed by atoms with Crippen molar-refractivity contribution in [3.05, 3.63) is 221 Å². The fourth-order valence-electron chi connectivity index (χ4n) is 9.33. The second-order valence-corrected chi connectivity index (χ2v) is 18.0. The highest BCUT2D eigenvalue weighted by Gasteiger charge is 2.29. The minimum Gasteiger partial charge on any atom is -0.355 e. The molecule has 0 unspecified atom stereocenters. The maximum atomic E-state index is 3.78. The van der Waals surface area contributed by atoms with E-state index in [1.54, 1.807) is 11.1 Å². The van der Waals surface area contributed by atoms with E-state index in [2.05, 4.69) is 230 Å². The number of anilines is 1. The van der Waals surface area contributed by atoms with E-state index < -0.39 is 0 Å². The van der Waals surface area contributed by atoms with E-state index in [-0.39, 0.29) is 6.71 Å².